The molecule has 3 rings (SSSR count). The highest BCUT2D eigenvalue weighted by molar-refractivity contribution is 6.18. The second kappa shape index (κ2) is 4.60. The Morgan fingerprint density at radius 3 is 2.29 bits per heavy atom. The van der Waals surface area contributed by atoms with Crippen LogP contribution < -0.4 is 0 Å². The molecule has 0 amide bonds. The number of ketones is 2. The Hall–Kier alpha value is -2.86. The summed E-state index contributed by atoms with van der Waals surface area (Å²) in [6.45, 7) is 2.96. The van der Waals surface area contributed by atoms with Crippen LogP contribution in [0.1, 0.15) is 40.1 Å². The number of terminal acetylenes is 1. The van der Waals surface area contributed by atoms with Crippen molar-refractivity contribution in [2.24, 2.45) is 0 Å². The molecule has 0 aliphatic carbocycles. The zero-order chi connectivity index (χ0) is 15.1. The van der Waals surface area contributed by atoms with Gasteiger partial charge in [-0.2, -0.15) is 0 Å². The Kier molecular flexibility index (Phi) is 2.88. The minimum Gasteiger partial charge on any atom is -0.454 e. The van der Waals surface area contributed by atoms with E-state index in [2.05, 4.69) is 5.92 Å². The van der Waals surface area contributed by atoms with E-state index >= 15 is 0 Å². The summed E-state index contributed by atoms with van der Waals surface area (Å²) in [7, 11) is 0. The summed E-state index contributed by atoms with van der Waals surface area (Å²) in [6, 6.07) is 8.73. The van der Waals surface area contributed by atoms with Crippen molar-refractivity contribution in [3.63, 3.8) is 0 Å². The Morgan fingerprint density at radius 2 is 1.67 bits per heavy atom. The van der Waals surface area contributed by atoms with Gasteiger partial charge in [-0.25, -0.2) is 0 Å². The molecule has 0 bridgehead atoms. The van der Waals surface area contributed by atoms with Crippen LogP contribution in [-0.2, 0) is 0 Å². The molecular formula is C18H12O3. The molecule has 0 atom stereocenters. The van der Waals surface area contributed by atoms with Crippen molar-refractivity contribution in [3.05, 3.63) is 47.0 Å². The lowest BCUT2D eigenvalue weighted by molar-refractivity contribution is 0.101. The van der Waals surface area contributed by atoms with Gasteiger partial charge in [0.15, 0.2) is 11.6 Å². The largest absolute Gasteiger partial charge is 0.454 e. The van der Waals surface area contributed by atoms with Gasteiger partial charge in [0, 0.05) is 16.3 Å². The molecule has 0 aliphatic heterocycles. The van der Waals surface area contributed by atoms with Gasteiger partial charge in [-0.3, -0.25) is 9.59 Å². The standard InChI is InChI=1S/C18H12O3/c1-4-12-8-9-14(11(3)20)18-16(12)15-7-5-6-13(10(2)19)17(15)21-18/h1,5-9H,2-3H3. The molecule has 3 heteroatoms. The summed E-state index contributed by atoms with van der Waals surface area (Å²) in [5, 5.41) is 1.47. The van der Waals surface area contributed by atoms with Gasteiger partial charge in [0.25, 0.3) is 0 Å². The quantitative estimate of drug-likeness (QED) is 0.525. The van der Waals surface area contributed by atoms with Crippen LogP contribution in [0.25, 0.3) is 21.9 Å². The minimum absolute atomic E-state index is 0.0914. The van der Waals surface area contributed by atoms with E-state index in [0.29, 0.717) is 33.2 Å². The molecule has 0 aliphatic rings. The summed E-state index contributed by atoms with van der Waals surface area (Å²) in [5.41, 5.74) is 2.53. The molecule has 3 aromatic rings. The highest BCUT2D eigenvalue weighted by atomic mass is 16.3. The van der Waals surface area contributed by atoms with E-state index in [9.17, 15) is 9.59 Å². The summed E-state index contributed by atoms with van der Waals surface area (Å²) in [5.74, 6) is 2.41. The number of carbonyl (C=O) groups is 2. The van der Waals surface area contributed by atoms with Crippen LogP contribution >= 0.6 is 0 Å². The molecule has 0 saturated heterocycles. The summed E-state index contributed by atoms with van der Waals surface area (Å²) >= 11 is 0. The molecule has 0 radical (unpaired) electrons. The molecule has 0 spiro atoms. The molecule has 102 valence electrons. The van der Waals surface area contributed by atoms with Crippen LogP contribution in [0.5, 0.6) is 0 Å². The highest BCUT2D eigenvalue weighted by Gasteiger charge is 2.19. The third-order valence-corrected chi connectivity index (χ3v) is 3.56. The van der Waals surface area contributed by atoms with E-state index in [-0.39, 0.29) is 11.6 Å². The SMILES string of the molecule is C#Cc1ccc(C(C)=O)c2oc3c(C(C)=O)cccc3c12. The van der Waals surface area contributed by atoms with Gasteiger partial charge in [-0.05, 0) is 32.0 Å². The summed E-state index contributed by atoms with van der Waals surface area (Å²) < 4.78 is 5.84. The van der Waals surface area contributed by atoms with Gasteiger partial charge in [0.1, 0.15) is 11.2 Å². The second-order valence-electron chi connectivity index (χ2n) is 4.91. The lowest BCUT2D eigenvalue weighted by Gasteiger charge is -1.99. The van der Waals surface area contributed by atoms with Gasteiger partial charge in [0.05, 0.1) is 11.1 Å². The average Bonchev–Trinajstić information content (AvgIpc) is 2.84. The lowest BCUT2D eigenvalue weighted by Crippen LogP contribution is -1.93. The molecule has 21 heavy (non-hydrogen) atoms. The Balaban J connectivity index is 2.60. The van der Waals surface area contributed by atoms with Crippen LogP contribution in [0.4, 0.5) is 0 Å². The number of hydrogen-bond donors (Lipinski definition) is 0. The minimum atomic E-state index is -0.105. The third-order valence-electron chi connectivity index (χ3n) is 3.56. The van der Waals surface area contributed by atoms with Gasteiger partial charge < -0.3 is 4.42 Å². The maximum absolute atomic E-state index is 11.8. The Morgan fingerprint density at radius 1 is 1.00 bits per heavy atom. The molecule has 2 aromatic carbocycles. The molecular weight excluding hydrogens is 264 g/mol. The number of carbonyl (C=O) groups excluding carboxylic acids is 2. The van der Waals surface area contributed by atoms with Crippen LogP contribution in [0.15, 0.2) is 34.7 Å². The Labute approximate surface area is 121 Å². The monoisotopic (exact) mass is 276 g/mol. The zero-order valence-electron chi connectivity index (χ0n) is 11.7. The van der Waals surface area contributed by atoms with Crippen LogP contribution in [0.2, 0.25) is 0 Å². The first-order valence-corrected chi connectivity index (χ1v) is 6.51. The van der Waals surface area contributed by atoms with Crippen molar-refractivity contribution in [2.45, 2.75) is 13.8 Å². The first-order valence-electron chi connectivity index (χ1n) is 6.51. The van der Waals surface area contributed by atoms with E-state index in [0.717, 1.165) is 5.39 Å². The number of fused-ring (bicyclic) bond motifs is 3. The third kappa shape index (κ3) is 1.85. The zero-order valence-corrected chi connectivity index (χ0v) is 11.7. The van der Waals surface area contributed by atoms with Crippen molar-refractivity contribution in [3.8, 4) is 12.3 Å². The van der Waals surface area contributed by atoms with Crippen LogP contribution in [0, 0.1) is 12.3 Å². The first-order chi connectivity index (χ1) is 10.0. The number of rotatable bonds is 2. The van der Waals surface area contributed by atoms with Crippen molar-refractivity contribution >= 4 is 33.5 Å². The van der Waals surface area contributed by atoms with Crippen molar-refractivity contribution < 1.29 is 14.0 Å². The first kappa shape index (κ1) is 13.1. The fourth-order valence-corrected chi connectivity index (χ4v) is 2.58. The molecule has 0 unspecified atom stereocenters. The fraction of sp³-hybridized carbons (Fsp3) is 0.111. The number of benzene rings is 2. The van der Waals surface area contributed by atoms with Gasteiger partial charge in [-0.15, -0.1) is 6.42 Å². The topological polar surface area (TPSA) is 47.3 Å². The van der Waals surface area contributed by atoms with Crippen molar-refractivity contribution in [1.82, 2.24) is 0 Å². The normalized spacial score (nSPS) is 10.7. The van der Waals surface area contributed by atoms with E-state index in [4.69, 9.17) is 10.8 Å². The summed E-state index contributed by atoms with van der Waals surface area (Å²) in [6.07, 6.45) is 5.55. The predicted octanol–water partition coefficient (Wildman–Crippen LogP) is 3.97. The molecule has 0 fully saturated rings. The van der Waals surface area contributed by atoms with E-state index in [1.807, 2.05) is 6.07 Å². The fourth-order valence-electron chi connectivity index (χ4n) is 2.58. The van der Waals surface area contributed by atoms with E-state index < -0.39 is 0 Å². The van der Waals surface area contributed by atoms with Gasteiger partial charge in [0.2, 0.25) is 0 Å². The van der Waals surface area contributed by atoms with Crippen molar-refractivity contribution in [1.29, 1.82) is 0 Å². The molecule has 0 saturated carbocycles. The maximum atomic E-state index is 11.8. The number of furan rings is 1. The predicted molar refractivity (Wildman–Crippen MR) is 81.7 cm³/mol. The summed E-state index contributed by atoms with van der Waals surface area (Å²) in [4.78, 5) is 23.5. The number of hydrogen-bond acceptors (Lipinski definition) is 3. The average molecular weight is 276 g/mol. The van der Waals surface area contributed by atoms with Crippen molar-refractivity contribution in [2.75, 3.05) is 0 Å². The van der Waals surface area contributed by atoms with Gasteiger partial charge >= 0.3 is 0 Å². The highest BCUT2D eigenvalue weighted by Crippen LogP contribution is 2.35. The number of para-hydroxylation sites is 1. The van der Waals surface area contributed by atoms with Crippen LogP contribution in [0.3, 0.4) is 0 Å². The number of Topliss-reactive ketones (excluding diaryl/α,β-unsaturated/α-hetero) is 2. The lowest BCUT2D eigenvalue weighted by atomic mass is 10.0. The maximum Gasteiger partial charge on any atom is 0.163 e. The molecule has 1 heterocycles. The van der Waals surface area contributed by atoms with E-state index in [1.54, 1.807) is 24.3 Å². The van der Waals surface area contributed by atoms with Gasteiger partial charge in [-0.1, -0.05) is 18.1 Å². The second-order valence-corrected chi connectivity index (χ2v) is 4.91. The Bertz CT molecular complexity index is 952. The van der Waals surface area contributed by atoms with E-state index in [1.165, 1.54) is 13.8 Å². The van der Waals surface area contributed by atoms with Crippen LogP contribution in [-0.4, -0.2) is 11.6 Å². The smallest absolute Gasteiger partial charge is 0.163 e. The molecule has 1 aromatic heterocycles. The molecule has 3 nitrogen and oxygen atoms in total. The molecule has 0 N–H and O–H groups in total.